The lowest BCUT2D eigenvalue weighted by Crippen LogP contribution is -2.54. The number of hydrogen-bond acceptors (Lipinski definition) is 7. The number of ether oxygens (including phenoxy) is 3. The quantitative estimate of drug-likeness (QED) is 0.375. The summed E-state index contributed by atoms with van der Waals surface area (Å²) in [5.74, 6) is -1.19. The van der Waals surface area contributed by atoms with E-state index in [1.165, 1.54) is 18.0 Å². The van der Waals surface area contributed by atoms with Crippen molar-refractivity contribution in [1.29, 1.82) is 0 Å². The molecule has 3 aromatic rings. The number of nitrogens with zero attached hydrogens (tertiary/aromatic N) is 2. The minimum Gasteiger partial charge on any atom is -0.492 e. The number of carbonyl (C=O) groups excluding carboxylic acids is 2. The third kappa shape index (κ3) is 4.78. The van der Waals surface area contributed by atoms with Crippen molar-refractivity contribution < 1.29 is 23.8 Å². The molecule has 32 heavy (non-hydrogen) atoms. The van der Waals surface area contributed by atoms with Gasteiger partial charge in [-0.15, -0.1) is 0 Å². The lowest BCUT2D eigenvalue weighted by molar-refractivity contribution is -0.173. The Morgan fingerprint density at radius 2 is 1.84 bits per heavy atom. The first-order valence-corrected chi connectivity index (χ1v) is 10.1. The fourth-order valence-electron chi connectivity index (χ4n) is 3.28. The molecular formula is C23H25N3O6. The van der Waals surface area contributed by atoms with E-state index in [1.807, 2.05) is 6.07 Å². The Bertz CT molecular complexity index is 1160. The van der Waals surface area contributed by atoms with Gasteiger partial charge in [0.2, 0.25) is 5.60 Å². The zero-order chi connectivity index (χ0) is 23.1. The molecule has 9 nitrogen and oxygen atoms in total. The molecule has 1 amide bonds. The van der Waals surface area contributed by atoms with Crippen LogP contribution in [0.1, 0.15) is 12.5 Å². The van der Waals surface area contributed by atoms with Crippen LogP contribution in [0.5, 0.6) is 5.75 Å². The van der Waals surface area contributed by atoms with Gasteiger partial charge < -0.3 is 19.9 Å². The molecule has 3 rings (SSSR count). The van der Waals surface area contributed by atoms with Crippen LogP contribution < -0.4 is 16.0 Å². The number of esters is 1. The maximum absolute atomic E-state index is 12.5. The molecule has 168 valence electrons. The van der Waals surface area contributed by atoms with Gasteiger partial charge in [-0.3, -0.25) is 14.2 Å². The second kappa shape index (κ2) is 10.1. The van der Waals surface area contributed by atoms with Crippen LogP contribution in [0.15, 0.2) is 59.7 Å². The summed E-state index contributed by atoms with van der Waals surface area (Å²) in [5.41, 5.74) is 4.70. The Morgan fingerprint density at radius 3 is 2.50 bits per heavy atom. The second-order valence-electron chi connectivity index (χ2n) is 7.05. The van der Waals surface area contributed by atoms with Crippen molar-refractivity contribution in [3.8, 4) is 5.75 Å². The molecule has 1 unspecified atom stereocenters. The van der Waals surface area contributed by atoms with Crippen molar-refractivity contribution in [2.45, 2.75) is 25.5 Å². The molecule has 0 saturated heterocycles. The molecule has 0 spiro atoms. The van der Waals surface area contributed by atoms with E-state index >= 15 is 0 Å². The average Bonchev–Trinajstić information content (AvgIpc) is 2.80. The van der Waals surface area contributed by atoms with Crippen molar-refractivity contribution >= 4 is 22.8 Å². The van der Waals surface area contributed by atoms with E-state index in [0.717, 1.165) is 0 Å². The summed E-state index contributed by atoms with van der Waals surface area (Å²) in [4.78, 5) is 41.0. The topological polar surface area (TPSA) is 123 Å². The van der Waals surface area contributed by atoms with Crippen LogP contribution in [0.25, 0.3) is 10.9 Å². The summed E-state index contributed by atoms with van der Waals surface area (Å²) >= 11 is 0. The molecule has 1 atom stereocenters. The van der Waals surface area contributed by atoms with Gasteiger partial charge in [-0.25, -0.2) is 9.78 Å². The number of aromatic nitrogens is 2. The van der Waals surface area contributed by atoms with Crippen molar-refractivity contribution in [1.82, 2.24) is 9.55 Å². The van der Waals surface area contributed by atoms with Crippen molar-refractivity contribution in [3.05, 3.63) is 70.8 Å². The van der Waals surface area contributed by atoms with Crippen LogP contribution in [0.3, 0.4) is 0 Å². The highest BCUT2D eigenvalue weighted by Crippen LogP contribution is 2.22. The fourth-order valence-corrected chi connectivity index (χ4v) is 3.28. The van der Waals surface area contributed by atoms with Crippen molar-refractivity contribution in [2.24, 2.45) is 5.73 Å². The Labute approximate surface area is 184 Å². The molecule has 0 saturated carbocycles. The van der Waals surface area contributed by atoms with Crippen LogP contribution in [0.2, 0.25) is 0 Å². The highest BCUT2D eigenvalue weighted by atomic mass is 16.6. The zero-order valence-electron chi connectivity index (χ0n) is 17.9. The van der Waals surface area contributed by atoms with Gasteiger partial charge in [0.05, 0.1) is 30.4 Å². The van der Waals surface area contributed by atoms with E-state index in [1.54, 1.807) is 49.4 Å². The second-order valence-corrected chi connectivity index (χ2v) is 7.05. The number of para-hydroxylation sites is 1. The third-order valence-corrected chi connectivity index (χ3v) is 5.06. The number of amides is 1. The van der Waals surface area contributed by atoms with Crippen LogP contribution in [0.4, 0.5) is 0 Å². The monoisotopic (exact) mass is 439 g/mol. The number of nitrogens with two attached hydrogens (primary N) is 1. The molecule has 0 fully saturated rings. The standard InChI is InChI=1S/C23H25N3O6/c1-3-31-22(29)23(30-2,21(24)28)14-16-8-10-17(11-9-16)32-13-12-26-15-25-19-7-5-4-6-18(19)20(26)27/h4-11,15H,3,12-14H2,1-2H3,(H2,24,28). The lowest BCUT2D eigenvalue weighted by Gasteiger charge is -2.26. The number of carbonyl (C=O) groups is 2. The van der Waals surface area contributed by atoms with E-state index in [0.29, 0.717) is 28.8 Å². The molecule has 0 bridgehead atoms. The molecule has 0 aliphatic heterocycles. The molecule has 9 heteroatoms. The maximum atomic E-state index is 12.5. The van der Waals surface area contributed by atoms with Crippen LogP contribution in [0, 0.1) is 0 Å². The molecule has 0 aliphatic carbocycles. The Kier molecular flexibility index (Phi) is 7.21. The van der Waals surface area contributed by atoms with Gasteiger partial charge in [-0.1, -0.05) is 24.3 Å². The normalized spacial score (nSPS) is 12.8. The number of primary amides is 1. The van der Waals surface area contributed by atoms with Crippen molar-refractivity contribution in [3.63, 3.8) is 0 Å². The number of methoxy groups -OCH3 is 1. The van der Waals surface area contributed by atoms with E-state index < -0.39 is 17.5 Å². The fraction of sp³-hybridized carbons (Fsp3) is 0.304. The van der Waals surface area contributed by atoms with Gasteiger partial charge in [0.15, 0.2) is 0 Å². The average molecular weight is 439 g/mol. The van der Waals surface area contributed by atoms with E-state index in [4.69, 9.17) is 19.9 Å². The smallest absolute Gasteiger partial charge is 0.348 e. The van der Waals surface area contributed by atoms with Crippen LogP contribution in [-0.2, 0) is 32.0 Å². The summed E-state index contributed by atoms with van der Waals surface area (Å²) in [6, 6.07) is 14.0. The predicted octanol–water partition coefficient (Wildman–Crippen LogP) is 1.45. The van der Waals surface area contributed by atoms with E-state index in [2.05, 4.69) is 4.98 Å². The molecular weight excluding hydrogens is 414 g/mol. The largest absolute Gasteiger partial charge is 0.492 e. The summed E-state index contributed by atoms with van der Waals surface area (Å²) < 4.78 is 17.4. The Hall–Kier alpha value is -3.72. The SMILES string of the molecule is CCOC(=O)C(Cc1ccc(OCCn2cnc3ccccc3c2=O)cc1)(OC)C(N)=O. The first-order chi connectivity index (χ1) is 15.4. The van der Waals surface area contributed by atoms with Crippen LogP contribution in [-0.4, -0.2) is 47.4 Å². The van der Waals surface area contributed by atoms with Crippen LogP contribution >= 0.6 is 0 Å². The highest BCUT2D eigenvalue weighted by Gasteiger charge is 2.46. The third-order valence-electron chi connectivity index (χ3n) is 5.06. The summed E-state index contributed by atoms with van der Waals surface area (Å²) in [6.45, 7) is 2.31. The summed E-state index contributed by atoms with van der Waals surface area (Å²) in [7, 11) is 1.24. The van der Waals surface area contributed by atoms with Gasteiger partial charge >= 0.3 is 5.97 Å². The first-order valence-electron chi connectivity index (χ1n) is 10.1. The van der Waals surface area contributed by atoms with Crippen molar-refractivity contribution in [2.75, 3.05) is 20.3 Å². The zero-order valence-corrected chi connectivity index (χ0v) is 17.9. The highest BCUT2D eigenvalue weighted by molar-refractivity contribution is 6.05. The van der Waals surface area contributed by atoms with Gasteiger partial charge in [0.1, 0.15) is 12.4 Å². The lowest BCUT2D eigenvalue weighted by atomic mass is 9.93. The van der Waals surface area contributed by atoms with E-state index in [-0.39, 0.29) is 25.2 Å². The van der Waals surface area contributed by atoms with E-state index in [9.17, 15) is 14.4 Å². The molecule has 1 aromatic heterocycles. The first kappa shape index (κ1) is 23.0. The van der Waals surface area contributed by atoms with Gasteiger partial charge in [0.25, 0.3) is 11.5 Å². The minimum atomic E-state index is -1.90. The molecule has 2 aromatic carbocycles. The summed E-state index contributed by atoms with van der Waals surface area (Å²) in [5, 5.41) is 0.553. The Balaban J connectivity index is 1.65. The maximum Gasteiger partial charge on any atom is 0.348 e. The predicted molar refractivity (Wildman–Crippen MR) is 117 cm³/mol. The molecule has 2 N–H and O–H groups in total. The van der Waals surface area contributed by atoms with Gasteiger partial charge in [-0.05, 0) is 36.8 Å². The minimum absolute atomic E-state index is 0.0733. The number of rotatable bonds is 10. The molecule has 0 aliphatic rings. The molecule has 1 heterocycles. The van der Waals surface area contributed by atoms with Gasteiger partial charge in [-0.2, -0.15) is 0 Å². The number of hydrogen-bond donors (Lipinski definition) is 1. The number of benzene rings is 2. The van der Waals surface area contributed by atoms with Gasteiger partial charge in [0, 0.05) is 13.5 Å². The Morgan fingerprint density at radius 1 is 1.12 bits per heavy atom. The molecule has 0 radical (unpaired) electrons. The number of fused-ring (bicyclic) bond motifs is 1. The summed E-state index contributed by atoms with van der Waals surface area (Å²) in [6.07, 6.45) is 1.43.